The van der Waals surface area contributed by atoms with Crippen LogP contribution in [0.3, 0.4) is 0 Å². The number of esters is 1. The van der Waals surface area contributed by atoms with Gasteiger partial charge in [-0.15, -0.1) is 12.4 Å². The number of hydrogen-bond acceptors (Lipinski definition) is 3. The number of methoxy groups -OCH3 is 1. The molecular formula is C10H11ClF3NO2. The Morgan fingerprint density at radius 1 is 1.35 bits per heavy atom. The molecule has 1 aromatic carbocycles. The second-order valence-corrected chi connectivity index (χ2v) is 3.16. The van der Waals surface area contributed by atoms with E-state index in [9.17, 15) is 18.0 Å². The molecule has 17 heavy (non-hydrogen) atoms. The first-order valence-corrected chi connectivity index (χ1v) is 4.43. The van der Waals surface area contributed by atoms with Crippen molar-refractivity contribution in [3.05, 3.63) is 35.1 Å². The average molecular weight is 270 g/mol. The van der Waals surface area contributed by atoms with E-state index in [1.54, 1.807) is 0 Å². The van der Waals surface area contributed by atoms with E-state index in [2.05, 4.69) is 4.74 Å². The van der Waals surface area contributed by atoms with Crippen LogP contribution in [0.5, 0.6) is 0 Å². The predicted molar refractivity (Wildman–Crippen MR) is 57.3 cm³/mol. The summed E-state index contributed by atoms with van der Waals surface area (Å²) in [6.07, 6.45) is -0.456. The highest BCUT2D eigenvalue weighted by molar-refractivity contribution is 5.85. The van der Waals surface area contributed by atoms with Gasteiger partial charge < -0.3 is 10.5 Å². The van der Waals surface area contributed by atoms with Crippen LogP contribution in [0.15, 0.2) is 12.1 Å². The SMILES string of the molecule is COC(=O)C(N)Cc1c(F)ccc(F)c1F.Cl. The molecule has 0 aromatic heterocycles. The van der Waals surface area contributed by atoms with Crippen molar-refractivity contribution in [1.82, 2.24) is 0 Å². The van der Waals surface area contributed by atoms with Crippen LogP contribution in [-0.4, -0.2) is 19.1 Å². The van der Waals surface area contributed by atoms with Crippen LogP contribution in [0.2, 0.25) is 0 Å². The van der Waals surface area contributed by atoms with Gasteiger partial charge in [-0.1, -0.05) is 0 Å². The van der Waals surface area contributed by atoms with Gasteiger partial charge in [0.15, 0.2) is 11.6 Å². The summed E-state index contributed by atoms with van der Waals surface area (Å²) in [6.45, 7) is 0. The van der Waals surface area contributed by atoms with Crippen molar-refractivity contribution in [3.8, 4) is 0 Å². The molecule has 2 N–H and O–H groups in total. The first kappa shape index (κ1) is 15.7. The Morgan fingerprint density at radius 2 is 1.88 bits per heavy atom. The van der Waals surface area contributed by atoms with Gasteiger partial charge in [-0.05, 0) is 12.1 Å². The molecule has 1 aromatic rings. The van der Waals surface area contributed by atoms with Crippen molar-refractivity contribution >= 4 is 18.4 Å². The molecule has 0 amide bonds. The smallest absolute Gasteiger partial charge is 0.322 e. The van der Waals surface area contributed by atoms with Gasteiger partial charge in [-0.25, -0.2) is 13.2 Å². The second kappa shape index (κ2) is 6.46. The molecule has 3 nitrogen and oxygen atoms in total. The lowest BCUT2D eigenvalue weighted by atomic mass is 10.1. The summed E-state index contributed by atoms with van der Waals surface area (Å²) in [6, 6.07) is 0.214. The molecule has 0 aliphatic heterocycles. The molecule has 0 aliphatic carbocycles. The van der Waals surface area contributed by atoms with Crippen molar-refractivity contribution in [2.24, 2.45) is 5.73 Å². The fourth-order valence-corrected chi connectivity index (χ4v) is 1.21. The maximum absolute atomic E-state index is 13.2. The first-order valence-electron chi connectivity index (χ1n) is 4.43. The largest absolute Gasteiger partial charge is 0.468 e. The molecule has 7 heteroatoms. The quantitative estimate of drug-likeness (QED) is 0.669. The fraction of sp³-hybridized carbons (Fsp3) is 0.300. The number of ether oxygens (including phenoxy) is 1. The lowest BCUT2D eigenvalue weighted by Crippen LogP contribution is -2.34. The molecule has 1 unspecified atom stereocenters. The topological polar surface area (TPSA) is 52.3 Å². The van der Waals surface area contributed by atoms with Crippen LogP contribution in [-0.2, 0) is 16.0 Å². The number of carbonyl (C=O) groups is 1. The first-order chi connectivity index (χ1) is 7.47. The van der Waals surface area contributed by atoms with Crippen molar-refractivity contribution < 1.29 is 22.7 Å². The third-order valence-corrected chi connectivity index (χ3v) is 2.07. The predicted octanol–water partition coefficient (Wildman–Crippen LogP) is 1.57. The van der Waals surface area contributed by atoms with Crippen molar-refractivity contribution in [2.75, 3.05) is 7.11 Å². The van der Waals surface area contributed by atoms with E-state index < -0.39 is 41.4 Å². The molecule has 1 atom stereocenters. The zero-order valence-corrected chi connectivity index (χ0v) is 9.69. The van der Waals surface area contributed by atoms with Crippen LogP contribution in [0.4, 0.5) is 13.2 Å². The highest BCUT2D eigenvalue weighted by atomic mass is 35.5. The van der Waals surface area contributed by atoms with Crippen LogP contribution in [0, 0.1) is 17.5 Å². The molecular weight excluding hydrogens is 259 g/mol. The van der Waals surface area contributed by atoms with Crippen LogP contribution >= 0.6 is 12.4 Å². The van der Waals surface area contributed by atoms with E-state index in [1.807, 2.05) is 0 Å². The van der Waals surface area contributed by atoms with Gasteiger partial charge in [0.05, 0.1) is 7.11 Å². The Morgan fingerprint density at radius 3 is 2.41 bits per heavy atom. The number of nitrogens with two attached hydrogens (primary N) is 1. The Bertz CT molecular complexity index is 415. The number of halogens is 4. The lowest BCUT2D eigenvalue weighted by Gasteiger charge is -2.10. The molecule has 0 heterocycles. The van der Waals surface area contributed by atoms with Gasteiger partial charge in [0.1, 0.15) is 11.9 Å². The minimum Gasteiger partial charge on any atom is -0.468 e. The third-order valence-electron chi connectivity index (χ3n) is 2.07. The van der Waals surface area contributed by atoms with E-state index in [0.29, 0.717) is 6.07 Å². The van der Waals surface area contributed by atoms with Crippen molar-refractivity contribution in [3.63, 3.8) is 0 Å². The van der Waals surface area contributed by atoms with Crippen LogP contribution < -0.4 is 5.73 Å². The number of rotatable bonds is 3. The fourth-order valence-electron chi connectivity index (χ4n) is 1.21. The Labute approximate surface area is 102 Å². The Hall–Kier alpha value is -1.27. The van der Waals surface area contributed by atoms with Crippen molar-refractivity contribution in [2.45, 2.75) is 12.5 Å². The Kier molecular flexibility index (Phi) is 5.98. The summed E-state index contributed by atoms with van der Waals surface area (Å²) in [5.41, 5.74) is 4.76. The molecule has 0 spiro atoms. The highest BCUT2D eigenvalue weighted by Crippen LogP contribution is 2.17. The zero-order chi connectivity index (χ0) is 12.3. The Balaban J connectivity index is 0.00000256. The minimum atomic E-state index is -1.33. The molecule has 96 valence electrons. The van der Waals surface area contributed by atoms with Gasteiger partial charge in [-0.3, -0.25) is 4.79 Å². The van der Waals surface area contributed by atoms with Crippen LogP contribution in [0.25, 0.3) is 0 Å². The zero-order valence-electron chi connectivity index (χ0n) is 8.88. The van der Waals surface area contributed by atoms with E-state index in [1.165, 1.54) is 0 Å². The van der Waals surface area contributed by atoms with Gasteiger partial charge in [0.25, 0.3) is 0 Å². The number of benzene rings is 1. The summed E-state index contributed by atoms with van der Waals surface area (Å²) in [4.78, 5) is 10.9. The average Bonchev–Trinajstić information content (AvgIpc) is 2.28. The van der Waals surface area contributed by atoms with Crippen molar-refractivity contribution in [1.29, 1.82) is 0 Å². The molecule has 0 radical (unpaired) electrons. The molecule has 0 aliphatic rings. The summed E-state index contributed by atoms with van der Waals surface area (Å²) in [5, 5.41) is 0. The van der Waals surface area contributed by atoms with Gasteiger partial charge in [-0.2, -0.15) is 0 Å². The van der Waals surface area contributed by atoms with E-state index in [-0.39, 0.29) is 12.4 Å². The monoisotopic (exact) mass is 269 g/mol. The van der Waals surface area contributed by atoms with Gasteiger partial charge >= 0.3 is 5.97 Å². The molecule has 0 bridgehead atoms. The van der Waals surface area contributed by atoms with Crippen LogP contribution in [0.1, 0.15) is 5.56 Å². The molecule has 0 saturated heterocycles. The molecule has 1 rings (SSSR count). The maximum Gasteiger partial charge on any atom is 0.322 e. The molecule has 0 fully saturated rings. The second-order valence-electron chi connectivity index (χ2n) is 3.16. The van der Waals surface area contributed by atoms with Gasteiger partial charge in [0.2, 0.25) is 0 Å². The summed E-state index contributed by atoms with van der Waals surface area (Å²) >= 11 is 0. The number of carbonyl (C=O) groups excluding carboxylic acids is 1. The van der Waals surface area contributed by atoms with E-state index >= 15 is 0 Å². The highest BCUT2D eigenvalue weighted by Gasteiger charge is 2.21. The lowest BCUT2D eigenvalue weighted by molar-refractivity contribution is -0.142. The van der Waals surface area contributed by atoms with E-state index in [4.69, 9.17) is 5.73 Å². The standard InChI is InChI=1S/C10H10F3NO2.ClH/c1-16-10(15)8(14)4-5-6(11)2-3-7(12)9(5)13;/h2-3,8H,4,14H2,1H3;1H. The number of hydrogen-bond donors (Lipinski definition) is 1. The van der Waals surface area contributed by atoms with Gasteiger partial charge in [0, 0.05) is 12.0 Å². The normalized spacial score (nSPS) is 11.6. The molecule has 0 saturated carbocycles. The summed E-state index contributed by atoms with van der Waals surface area (Å²) in [7, 11) is 1.10. The van der Waals surface area contributed by atoms with E-state index in [0.717, 1.165) is 13.2 Å². The summed E-state index contributed by atoms with van der Waals surface area (Å²) < 4.78 is 43.4. The maximum atomic E-state index is 13.2. The summed E-state index contributed by atoms with van der Waals surface area (Å²) in [5.74, 6) is -4.28. The minimum absolute atomic E-state index is 0. The third kappa shape index (κ3) is 3.61.